The maximum absolute atomic E-state index is 5.14. The Labute approximate surface area is 119 Å². The molecule has 0 saturated heterocycles. The smallest absolute Gasteiger partial charge is 0.321 e. The van der Waals surface area contributed by atoms with Gasteiger partial charge in [0, 0.05) is 11.8 Å². The highest BCUT2D eigenvalue weighted by molar-refractivity contribution is 7.99. The summed E-state index contributed by atoms with van der Waals surface area (Å²) < 4.78 is 5.14. The predicted molar refractivity (Wildman–Crippen MR) is 77.8 cm³/mol. The molecular formula is C13H22N4OS. The van der Waals surface area contributed by atoms with Crippen molar-refractivity contribution in [2.75, 3.05) is 19.0 Å². The van der Waals surface area contributed by atoms with E-state index in [0.717, 1.165) is 17.6 Å². The standard InChI is InChI=1S/C13H22N4OS/c1-4-14-11-15-12(18-3)17-13(16-11)19-10-7-5-6-9(2)8-10/h9-10H,4-8H2,1-3H3,(H,14,15,16,17). The molecule has 1 aliphatic carbocycles. The molecule has 2 rings (SSSR count). The van der Waals surface area contributed by atoms with Crippen molar-refractivity contribution in [3.8, 4) is 6.01 Å². The van der Waals surface area contributed by atoms with E-state index in [1.165, 1.54) is 25.7 Å². The Kier molecular flexibility index (Phi) is 5.24. The molecule has 0 spiro atoms. The first kappa shape index (κ1) is 14.4. The number of hydrogen-bond acceptors (Lipinski definition) is 6. The second kappa shape index (κ2) is 6.93. The maximum Gasteiger partial charge on any atom is 0.321 e. The predicted octanol–water partition coefficient (Wildman–Crippen LogP) is 2.98. The number of anilines is 1. The minimum absolute atomic E-state index is 0.386. The molecule has 2 atom stereocenters. The number of aromatic nitrogens is 3. The van der Waals surface area contributed by atoms with E-state index >= 15 is 0 Å². The van der Waals surface area contributed by atoms with E-state index in [1.807, 2.05) is 6.92 Å². The molecule has 1 fully saturated rings. The molecule has 2 unspecified atom stereocenters. The SMILES string of the molecule is CCNc1nc(OC)nc(SC2CCCC(C)C2)n1. The largest absolute Gasteiger partial charge is 0.467 e. The molecule has 0 bridgehead atoms. The van der Waals surface area contributed by atoms with E-state index in [1.54, 1.807) is 18.9 Å². The Morgan fingerprint density at radius 3 is 2.84 bits per heavy atom. The van der Waals surface area contributed by atoms with E-state index in [9.17, 15) is 0 Å². The molecule has 6 heteroatoms. The van der Waals surface area contributed by atoms with Gasteiger partial charge in [-0.15, -0.1) is 0 Å². The van der Waals surface area contributed by atoms with Gasteiger partial charge in [0.1, 0.15) is 0 Å². The van der Waals surface area contributed by atoms with Gasteiger partial charge < -0.3 is 10.1 Å². The van der Waals surface area contributed by atoms with Crippen molar-refractivity contribution in [2.24, 2.45) is 5.92 Å². The maximum atomic E-state index is 5.14. The van der Waals surface area contributed by atoms with Gasteiger partial charge in [-0.25, -0.2) is 0 Å². The number of methoxy groups -OCH3 is 1. The highest BCUT2D eigenvalue weighted by atomic mass is 32.2. The minimum atomic E-state index is 0.386. The molecule has 19 heavy (non-hydrogen) atoms. The van der Waals surface area contributed by atoms with Crippen molar-refractivity contribution in [3.63, 3.8) is 0 Å². The quantitative estimate of drug-likeness (QED) is 0.896. The van der Waals surface area contributed by atoms with Crippen LogP contribution in [0.3, 0.4) is 0 Å². The lowest BCUT2D eigenvalue weighted by Crippen LogP contribution is -2.16. The lowest BCUT2D eigenvalue weighted by atomic mass is 9.91. The molecule has 1 heterocycles. The van der Waals surface area contributed by atoms with E-state index < -0.39 is 0 Å². The van der Waals surface area contributed by atoms with Gasteiger partial charge in [0.15, 0.2) is 5.16 Å². The van der Waals surface area contributed by atoms with Crippen molar-refractivity contribution in [3.05, 3.63) is 0 Å². The summed E-state index contributed by atoms with van der Waals surface area (Å²) in [7, 11) is 1.59. The van der Waals surface area contributed by atoms with Crippen LogP contribution in [0.5, 0.6) is 6.01 Å². The number of ether oxygens (including phenoxy) is 1. The minimum Gasteiger partial charge on any atom is -0.467 e. The van der Waals surface area contributed by atoms with E-state index in [2.05, 4.69) is 27.2 Å². The van der Waals surface area contributed by atoms with Gasteiger partial charge in [-0.2, -0.15) is 15.0 Å². The third-order valence-electron chi connectivity index (χ3n) is 3.27. The zero-order valence-corrected chi connectivity index (χ0v) is 12.7. The van der Waals surface area contributed by atoms with Crippen LogP contribution in [0.4, 0.5) is 5.95 Å². The molecule has 106 valence electrons. The van der Waals surface area contributed by atoms with Crippen LogP contribution in [0.15, 0.2) is 5.16 Å². The molecule has 0 amide bonds. The lowest BCUT2D eigenvalue weighted by Gasteiger charge is -2.25. The molecule has 1 saturated carbocycles. The van der Waals surface area contributed by atoms with Crippen LogP contribution in [0.2, 0.25) is 0 Å². The van der Waals surface area contributed by atoms with Crippen molar-refractivity contribution in [1.29, 1.82) is 0 Å². The van der Waals surface area contributed by atoms with E-state index in [0.29, 0.717) is 17.2 Å². The Balaban J connectivity index is 2.07. The molecule has 0 aromatic carbocycles. The Morgan fingerprint density at radius 2 is 2.16 bits per heavy atom. The van der Waals surface area contributed by atoms with Gasteiger partial charge in [-0.3, -0.25) is 0 Å². The zero-order valence-electron chi connectivity index (χ0n) is 11.8. The fraction of sp³-hybridized carbons (Fsp3) is 0.769. The van der Waals surface area contributed by atoms with E-state index in [-0.39, 0.29) is 0 Å². The van der Waals surface area contributed by atoms with Crippen LogP contribution in [-0.2, 0) is 0 Å². The summed E-state index contributed by atoms with van der Waals surface area (Å²) in [5, 5.41) is 4.49. The van der Waals surface area contributed by atoms with Gasteiger partial charge in [0.05, 0.1) is 7.11 Å². The Bertz CT molecular complexity index is 416. The summed E-state index contributed by atoms with van der Waals surface area (Å²) in [5.74, 6) is 1.41. The van der Waals surface area contributed by atoms with Crippen LogP contribution in [0.1, 0.15) is 39.5 Å². The van der Waals surface area contributed by atoms with Gasteiger partial charge in [0.2, 0.25) is 5.95 Å². The summed E-state index contributed by atoms with van der Waals surface area (Å²) in [5.41, 5.74) is 0. The Hall–Kier alpha value is -1.04. The summed E-state index contributed by atoms with van der Waals surface area (Å²) in [6.07, 6.45) is 5.15. The normalized spacial score (nSPS) is 23.1. The first-order valence-corrected chi connectivity index (χ1v) is 7.79. The van der Waals surface area contributed by atoms with Crippen molar-refractivity contribution in [1.82, 2.24) is 15.0 Å². The van der Waals surface area contributed by atoms with Crippen molar-refractivity contribution < 1.29 is 4.74 Å². The highest BCUT2D eigenvalue weighted by Crippen LogP contribution is 2.35. The second-order valence-corrected chi connectivity index (χ2v) is 6.24. The van der Waals surface area contributed by atoms with Crippen LogP contribution < -0.4 is 10.1 Å². The molecule has 1 N–H and O–H groups in total. The highest BCUT2D eigenvalue weighted by Gasteiger charge is 2.21. The summed E-state index contributed by atoms with van der Waals surface area (Å²) >= 11 is 1.76. The zero-order chi connectivity index (χ0) is 13.7. The lowest BCUT2D eigenvalue weighted by molar-refractivity contribution is 0.373. The van der Waals surface area contributed by atoms with Gasteiger partial charge in [-0.1, -0.05) is 31.5 Å². The van der Waals surface area contributed by atoms with Crippen LogP contribution in [0.25, 0.3) is 0 Å². The van der Waals surface area contributed by atoms with Gasteiger partial charge in [-0.05, 0) is 25.7 Å². The van der Waals surface area contributed by atoms with Gasteiger partial charge in [0.25, 0.3) is 0 Å². The van der Waals surface area contributed by atoms with Crippen LogP contribution in [-0.4, -0.2) is 33.9 Å². The number of thioether (sulfide) groups is 1. The van der Waals surface area contributed by atoms with Gasteiger partial charge >= 0.3 is 6.01 Å². The number of nitrogens with zero attached hydrogens (tertiary/aromatic N) is 3. The fourth-order valence-electron chi connectivity index (χ4n) is 2.35. The fourth-order valence-corrected chi connectivity index (χ4v) is 3.63. The third-order valence-corrected chi connectivity index (χ3v) is 4.43. The van der Waals surface area contributed by atoms with Crippen LogP contribution in [0, 0.1) is 5.92 Å². The van der Waals surface area contributed by atoms with E-state index in [4.69, 9.17) is 4.74 Å². The number of nitrogens with one attached hydrogen (secondary N) is 1. The molecular weight excluding hydrogens is 260 g/mol. The molecule has 0 aliphatic heterocycles. The number of hydrogen-bond donors (Lipinski definition) is 1. The molecule has 5 nitrogen and oxygen atoms in total. The molecule has 0 radical (unpaired) electrons. The topological polar surface area (TPSA) is 59.9 Å². The summed E-state index contributed by atoms with van der Waals surface area (Å²) in [4.78, 5) is 13.0. The second-order valence-electron chi connectivity index (χ2n) is 4.97. The third kappa shape index (κ3) is 4.23. The molecule has 1 aromatic heterocycles. The average Bonchev–Trinajstić information content (AvgIpc) is 2.39. The summed E-state index contributed by atoms with van der Waals surface area (Å²) in [6, 6.07) is 0.386. The molecule has 1 aromatic rings. The first-order valence-electron chi connectivity index (χ1n) is 6.91. The van der Waals surface area contributed by atoms with Crippen LogP contribution >= 0.6 is 11.8 Å². The Morgan fingerprint density at radius 1 is 1.32 bits per heavy atom. The molecule has 1 aliphatic rings. The average molecular weight is 282 g/mol. The van der Waals surface area contributed by atoms with Crippen molar-refractivity contribution in [2.45, 2.75) is 49.9 Å². The summed E-state index contributed by atoms with van der Waals surface area (Å²) in [6.45, 7) is 5.13. The number of rotatable bonds is 5. The van der Waals surface area contributed by atoms with Crippen molar-refractivity contribution >= 4 is 17.7 Å². The monoisotopic (exact) mass is 282 g/mol. The first-order chi connectivity index (χ1) is 9.21.